The van der Waals surface area contributed by atoms with Gasteiger partial charge in [-0.05, 0) is 19.9 Å². The average molecular weight is 265 g/mol. The highest BCUT2D eigenvalue weighted by atomic mass is 16.1. The van der Waals surface area contributed by atoms with Gasteiger partial charge in [-0.25, -0.2) is 9.97 Å². The molecule has 6 heteroatoms. The molecule has 0 unspecified atom stereocenters. The van der Waals surface area contributed by atoms with Gasteiger partial charge in [0, 0.05) is 18.8 Å². The lowest BCUT2D eigenvalue weighted by atomic mass is 10.3. The zero-order chi connectivity index (χ0) is 14.3. The third-order valence-electron chi connectivity index (χ3n) is 2.73. The summed E-state index contributed by atoms with van der Waals surface area (Å²) in [5, 5.41) is 3.00. The van der Waals surface area contributed by atoms with Gasteiger partial charge in [0.15, 0.2) is 0 Å². The predicted molar refractivity (Wildman–Crippen MR) is 75.7 cm³/mol. The Balaban J connectivity index is 2.76. The van der Waals surface area contributed by atoms with Gasteiger partial charge >= 0.3 is 0 Å². The zero-order valence-corrected chi connectivity index (χ0v) is 11.9. The molecule has 19 heavy (non-hydrogen) atoms. The fraction of sp³-hybridized carbons (Fsp3) is 0.615. The van der Waals surface area contributed by atoms with Crippen LogP contribution in [0.4, 0.5) is 5.82 Å². The zero-order valence-electron chi connectivity index (χ0n) is 11.9. The summed E-state index contributed by atoms with van der Waals surface area (Å²) in [5.41, 5.74) is 6.18. The van der Waals surface area contributed by atoms with Gasteiger partial charge in [0.2, 0.25) is 5.91 Å². The highest BCUT2D eigenvalue weighted by molar-refractivity contribution is 5.75. The molecule has 106 valence electrons. The van der Waals surface area contributed by atoms with Crippen molar-refractivity contribution in [2.75, 3.05) is 25.5 Å². The second-order valence-corrected chi connectivity index (χ2v) is 4.59. The van der Waals surface area contributed by atoms with E-state index in [9.17, 15) is 4.79 Å². The normalized spacial score (nSPS) is 10.7. The van der Waals surface area contributed by atoms with E-state index < -0.39 is 0 Å². The first-order valence-corrected chi connectivity index (χ1v) is 6.58. The van der Waals surface area contributed by atoms with Crippen LogP contribution < -0.4 is 11.1 Å². The Morgan fingerprint density at radius 2 is 2.21 bits per heavy atom. The number of amides is 1. The number of hydrogen-bond donors (Lipinski definition) is 2. The average Bonchev–Trinajstić information content (AvgIpc) is 2.34. The van der Waals surface area contributed by atoms with Crippen molar-refractivity contribution >= 4 is 11.7 Å². The molecule has 6 nitrogen and oxygen atoms in total. The van der Waals surface area contributed by atoms with E-state index in [1.54, 1.807) is 0 Å². The topological polar surface area (TPSA) is 84.1 Å². The third kappa shape index (κ3) is 5.65. The molecule has 1 heterocycles. The fourth-order valence-corrected chi connectivity index (χ4v) is 1.84. The molecule has 1 aromatic heterocycles. The van der Waals surface area contributed by atoms with Crippen LogP contribution in [-0.4, -0.2) is 40.9 Å². The van der Waals surface area contributed by atoms with Gasteiger partial charge in [-0.3, -0.25) is 9.69 Å². The molecule has 0 radical (unpaired) electrons. The Hall–Kier alpha value is -1.69. The monoisotopic (exact) mass is 265 g/mol. The minimum atomic E-state index is -0.322. The van der Waals surface area contributed by atoms with Crippen molar-refractivity contribution in [3.8, 4) is 0 Å². The van der Waals surface area contributed by atoms with E-state index in [-0.39, 0.29) is 12.5 Å². The van der Waals surface area contributed by atoms with Gasteiger partial charge in [0.1, 0.15) is 11.6 Å². The van der Waals surface area contributed by atoms with Crippen molar-refractivity contribution in [1.82, 2.24) is 14.9 Å². The number of carbonyl (C=O) groups excluding carboxylic acids is 1. The molecule has 1 rings (SSSR count). The molecule has 0 aromatic carbocycles. The van der Waals surface area contributed by atoms with Crippen molar-refractivity contribution in [3.63, 3.8) is 0 Å². The summed E-state index contributed by atoms with van der Waals surface area (Å²) >= 11 is 0. The quantitative estimate of drug-likeness (QED) is 0.730. The van der Waals surface area contributed by atoms with Crippen molar-refractivity contribution in [2.45, 2.75) is 33.2 Å². The summed E-state index contributed by atoms with van der Waals surface area (Å²) in [7, 11) is 1.82. The van der Waals surface area contributed by atoms with Gasteiger partial charge < -0.3 is 11.1 Å². The number of rotatable bonds is 8. The third-order valence-corrected chi connectivity index (χ3v) is 2.73. The lowest BCUT2D eigenvalue weighted by Crippen LogP contribution is -2.34. The van der Waals surface area contributed by atoms with Gasteiger partial charge in [0.05, 0.1) is 13.1 Å². The number of hydrogen-bond acceptors (Lipinski definition) is 5. The molecule has 0 bridgehead atoms. The molecule has 0 atom stereocenters. The van der Waals surface area contributed by atoms with Gasteiger partial charge in [-0.2, -0.15) is 0 Å². The summed E-state index contributed by atoms with van der Waals surface area (Å²) in [6.07, 6.45) is 2.10. The second-order valence-electron chi connectivity index (χ2n) is 4.59. The summed E-state index contributed by atoms with van der Waals surface area (Å²) in [4.78, 5) is 21.8. The molecule has 0 aliphatic heterocycles. The van der Waals surface area contributed by atoms with Crippen LogP contribution in [-0.2, 0) is 11.3 Å². The maximum Gasteiger partial charge on any atom is 0.231 e. The smallest absolute Gasteiger partial charge is 0.231 e. The number of nitrogens with one attached hydrogen (secondary N) is 1. The maximum atomic E-state index is 11.1. The Morgan fingerprint density at radius 3 is 2.79 bits per heavy atom. The number of unbranched alkanes of at least 4 members (excludes halogenated alkanes) is 1. The van der Waals surface area contributed by atoms with Gasteiger partial charge in [-0.15, -0.1) is 0 Å². The van der Waals surface area contributed by atoms with Gasteiger partial charge in [-0.1, -0.05) is 13.3 Å². The molecule has 0 saturated carbocycles. The van der Waals surface area contributed by atoms with Crippen LogP contribution in [0, 0.1) is 6.92 Å². The van der Waals surface area contributed by atoms with Crippen molar-refractivity contribution in [2.24, 2.45) is 5.73 Å². The number of aromatic nitrogens is 2. The van der Waals surface area contributed by atoms with E-state index in [2.05, 4.69) is 22.2 Å². The fourth-order valence-electron chi connectivity index (χ4n) is 1.84. The maximum absolute atomic E-state index is 11.1. The molecule has 1 amide bonds. The highest BCUT2D eigenvalue weighted by Gasteiger charge is 2.11. The SMILES string of the molecule is CCCCN(CC(N)=O)Cc1nc(C)cc(NC)n1. The summed E-state index contributed by atoms with van der Waals surface area (Å²) in [5.74, 6) is 1.18. The van der Waals surface area contributed by atoms with Crippen LogP contribution >= 0.6 is 0 Å². The lowest BCUT2D eigenvalue weighted by Gasteiger charge is -2.19. The molecule has 0 fully saturated rings. The Bertz CT molecular complexity index is 421. The number of carbonyl (C=O) groups is 1. The minimum absolute atomic E-state index is 0.242. The Labute approximate surface area is 114 Å². The molecule has 0 spiro atoms. The van der Waals surface area contributed by atoms with Crippen LogP contribution in [0.15, 0.2) is 6.07 Å². The standard InChI is InChI=1S/C13H23N5O/c1-4-5-6-18(8-11(14)19)9-13-16-10(2)7-12(15-3)17-13/h7H,4-6,8-9H2,1-3H3,(H2,14,19)(H,15,16,17). The lowest BCUT2D eigenvalue weighted by molar-refractivity contribution is -0.119. The number of anilines is 1. The van der Waals surface area contributed by atoms with Crippen molar-refractivity contribution in [3.05, 3.63) is 17.6 Å². The Kier molecular flexibility index (Phi) is 6.21. The summed E-state index contributed by atoms with van der Waals surface area (Å²) in [6, 6.07) is 1.88. The van der Waals surface area contributed by atoms with Crippen LogP contribution in [0.3, 0.4) is 0 Å². The van der Waals surface area contributed by atoms with E-state index >= 15 is 0 Å². The molecule has 3 N–H and O–H groups in total. The second kappa shape index (κ2) is 7.68. The molecule has 0 saturated heterocycles. The molecular formula is C13H23N5O. The summed E-state index contributed by atoms with van der Waals surface area (Å²) in [6.45, 7) is 5.65. The van der Waals surface area contributed by atoms with Crippen LogP contribution in [0.25, 0.3) is 0 Å². The molecular weight excluding hydrogens is 242 g/mol. The van der Waals surface area contributed by atoms with Crippen molar-refractivity contribution in [1.29, 1.82) is 0 Å². The van der Waals surface area contributed by atoms with Crippen LogP contribution in [0.2, 0.25) is 0 Å². The first-order valence-electron chi connectivity index (χ1n) is 6.58. The highest BCUT2D eigenvalue weighted by Crippen LogP contribution is 2.08. The number of aryl methyl sites for hydroxylation is 1. The van der Waals surface area contributed by atoms with E-state index in [0.29, 0.717) is 12.4 Å². The number of primary amides is 1. The number of nitrogens with zero attached hydrogens (tertiary/aromatic N) is 3. The first-order chi connectivity index (χ1) is 9.05. The first kappa shape index (κ1) is 15.4. The van der Waals surface area contributed by atoms with E-state index in [0.717, 1.165) is 30.9 Å². The Morgan fingerprint density at radius 1 is 1.47 bits per heavy atom. The minimum Gasteiger partial charge on any atom is -0.373 e. The molecule has 0 aliphatic rings. The van der Waals surface area contributed by atoms with Crippen LogP contribution in [0.5, 0.6) is 0 Å². The van der Waals surface area contributed by atoms with Crippen LogP contribution in [0.1, 0.15) is 31.3 Å². The van der Waals surface area contributed by atoms with E-state index in [1.165, 1.54) is 0 Å². The van der Waals surface area contributed by atoms with Crippen molar-refractivity contribution < 1.29 is 4.79 Å². The molecule has 1 aromatic rings. The predicted octanol–water partition coefficient (Wildman–Crippen LogP) is 0.914. The largest absolute Gasteiger partial charge is 0.373 e. The van der Waals surface area contributed by atoms with Gasteiger partial charge in [0.25, 0.3) is 0 Å². The van der Waals surface area contributed by atoms with E-state index in [1.807, 2.05) is 24.9 Å². The molecule has 0 aliphatic carbocycles. The number of nitrogens with two attached hydrogens (primary N) is 1. The summed E-state index contributed by atoms with van der Waals surface area (Å²) < 4.78 is 0. The van der Waals surface area contributed by atoms with E-state index in [4.69, 9.17) is 5.73 Å².